The second kappa shape index (κ2) is 6.32. The van der Waals surface area contributed by atoms with Crippen molar-refractivity contribution in [3.05, 3.63) is 25.3 Å². The van der Waals surface area contributed by atoms with Crippen molar-refractivity contribution in [2.75, 3.05) is 20.2 Å². The largest absolute Gasteiger partial charge is 0.368 e. The molecule has 1 aliphatic heterocycles. The number of hydrogen-bond donors (Lipinski definition) is 1. The van der Waals surface area contributed by atoms with Crippen LogP contribution in [0.25, 0.3) is 0 Å². The van der Waals surface area contributed by atoms with Gasteiger partial charge in [-0.1, -0.05) is 12.2 Å². The number of carbonyl (C=O) groups is 1. The lowest BCUT2D eigenvalue weighted by Gasteiger charge is -2.52. The fraction of sp³-hybridized carbons (Fsp3) is 0.706. The Bertz CT molecular complexity index is 387. The lowest BCUT2D eigenvalue weighted by atomic mass is 9.72. The fourth-order valence-corrected chi connectivity index (χ4v) is 3.72. The van der Waals surface area contributed by atoms with Gasteiger partial charge < -0.3 is 15.0 Å². The van der Waals surface area contributed by atoms with Crippen LogP contribution in [0.4, 0.5) is 0 Å². The standard InChI is InChI=1S/C17H30N2O2/c1-8-10-19(11-9-2)14(20)17(21-7)12-15(3,4)18-16(5,6)13-17/h8-9,18H,1-2,10-13H2,3-7H3. The van der Waals surface area contributed by atoms with Crippen molar-refractivity contribution < 1.29 is 9.53 Å². The van der Waals surface area contributed by atoms with Crippen molar-refractivity contribution in [2.24, 2.45) is 0 Å². The summed E-state index contributed by atoms with van der Waals surface area (Å²) in [6.45, 7) is 16.9. The number of hydrogen-bond acceptors (Lipinski definition) is 3. The van der Waals surface area contributed by atoms with E-state index in [-0.39, 0.29) is 17.0 Å². The van der Waals surface area contributed by atoms with Gasteiger partial charge in [-0.05, 0) is 27.7 Å². The third kappa shape index (κ3) is 4.17. The first-order valence-corrected chi connectivity index (χ1v) is 7.47. The van der Waals surface area contributed by atoms with E-state index in [4.69, 9.17) is 4.74 Å². The van der Waals surface area contributed by atoms with Gasteiger partial charge in [-0.25, -0.2) is 0 Å². The van der Waals surface area contributed by atoms with E-state index in [9.17, 15) is 4.79 Å². The molecule has 21 heavy (non-hydrogen) atoms. The molecule has 0 aromatic heterocycles. The topological polar surface area (TPSA) is 41.6 Å². The van der Waals surface area contributed by atoms with Gasteiger partial charge in [0.25, 0.3) is 5.91 Å². The van der Waals surface area contributed by atoms with Gasteiger partial charge >= 0.3 is 0 Å². The number of nitrogens with one attached hydrogen (secondary N) is 1. The average Bonchev–Trinajstić information content (AvgIpc) is 2.33. The van der Waals surface area contributed by atoms with Gasteiger partial charge in [0.15, 0.2) is 0 Å². The molecule has 0 unspecified atom stereocenters. The van der Waals surface area contributed by atoms with E-state index < -0.39 is 5.60 Å². The molecule has 0 aliphatic carbocycles. The monoisotopic (exact) mass is 294 g/mol. The normalized spacial score (nSPS) is 22.3. The number of rotatable bonds is 6. The highest BCUT2D eigenvalue weighted by molar-refractivity contribution is 5.86. The minimum absolute atomic E-state index is 0.0208. The maximum absolute atomic E-state index is 13.1. The van der Waals surface area contributed by atoms with E-state index in [0.717, 1.165) is 0 Å². The van der Waals surface area contributed by atoms with Crippen molar-refractivity contribution in [3.63, 3.8) is 0 Å². The molecule has 0 atom stereocenters. The minimum atomic E-state index is -0.801. The molecule has 120 valence electrons. The van der Waals surface area contributed by atoms with E-state index in [1.54, 1.807) is 24.2 Å². The molecule has 4 nitrogen and oxygen atoms in total. The molecule has 4 heteroatoms. The first-order chi connectivity index (χ1) is 9.61. The van der Waals surface area contributed by atoms with E-state index in [1.807, 2.05) is 0 Å². The van der Waals surface area contributed by atoms with Gasteiger partial charge in [-0.15, -0.1) is 13.2 Å². The van der Waals surface area contributed by atoms with Crippen molar-refractivity contribution in [2.45, 2.75) is 57.2 Å². The highest BCUT2D eigenvalue weighted by Crippen LogP contribution is 2.39. The van der Waals surface area contributed by atoms with Crippen molar-refractivity contribution in [3.8, 4) is 0 Å². The minimum Gasteiger partial charge on any atom is -0.368 e. The SMILES string of the molecule is C=CCN(CC=C)C(=O)C1(OC)CC(C)(C)NC(C)(C)C1. The first-order valence-electron chi connectivity index (χ1n) is 7.47. The van der Waals surface area contributed by atoms with E-state index in [2.05, 4.69) is 46.2 Å². The summed E-state index contributed by atoms with van der Waals surface area (Å²) in [6, 6.07) is 0. The summed E-state index contributed by atoms with van der Waals surface area (Å²) in [5, 5.41) is 3.59. The summed E-state index contributed by atoms with van der Waals surface area (Å²) < 4.78 is 5.79. The molecule has 0 bridgehead atoms. The molecule has 0 aromatic carbocycles. The summed E-state index contributed by atoms with van der Waals surface area (Å²) in [5.41, 5.74) is -1.13. The lowest BCUT2D eigenvalue weighted by molar-refractivity contribution is -0.165. The zero-order chi connectivity index (χ0) is 16.3. The quantitative estimate of drug-likeness (QED) is 0.765. The Labute approximate surface area is 129 Å². The molecule has 1 saturated heterocycles. The Kier molecular flexibility index (Phi) is 5.40. The molecular formula is C17H30N2O2. The van der Waals surface area contributed by atoms with E-state index >= 15 is 0 Å². The predicted molar refractivity (Wildman–Crippen MR) is 87.2 cm³/mol. The molecule has 1 rings (SSSR count). The number of ether oxygens (including phenoxy) is 1. The van der Waals surface area contributed by atoms with Crippen LogP contribution in [0, 0.1) is 0 Å². The third-order valence-corrected chi connectivity index (χ3v) is 3.90. The molecule has 1 N–H and O–H groups in total. The van der Waals surface area contributed by atoms with Crippen LogP contribution in [0.15, 0.2) is 25.3 Å². The molecule has 1 heterocycles. The summed E-state index contributed by atoms with van der Waals surface area (Å²) in [6.07, 6.45) is 4.76. The Hall–Kier alpha value is -1.13. The molecule has 1 aliphatic rings. The second-order valence-corrected chi connectivity index (χ2v) is 7.23. The molecule has 0 radical (unpaired) electrons. The number of piperidine rings is 1. The van der Waals surface area contributed by atoms with Crippen LogP contribution >= 0.6 is 0 Å². The number of nitrogens with zero attached hydrogens (tertiary/aromatic N) is 1. The Morgan fingerprint density at radius 3 is 1.90 bits per heavy atom. The van der Waals surface area contributed by atoms with Crippen LogP contribution in [0.2, 0.25) is 0 Å². The van der Waals surface area contributed by atoms with Crippen molar-refractivity contribution in [1.82, 2.24) is 10.2 Å². The summed E-state index contributed by atoms with van der Waals surface area (Å²) in [5.74, 6) is 0.0208. The zero-order valence-corrected chi connectivity index (χ0v) is 14.2. The molecule has 1 fully saturated rings. The number of amides is 1. The first kappa shape index (κ1) is 17.9. The predicted octanol–water partition coefficient (Wildman–Crippen LogP) is 2.51. The summed E-state index contributed by atoms with van der Waals surface area (Å²) >= 11 is 0. The van der Waals surface area contributed by atoms with Crippen molar-refractivity contribution in [1.29, 1.82) is 0 Å². The van der Waals surface area contributed by atoms with Crippen LogP contribution in [0.3, 0.4) is 0 Å². The third-order valence-electron chi connectivity index (χ3n) is 3.90. The van der Waals surface area contributed by atoms with Gasteiger partial charge in [-0.2, -0.15) is 0 Å². The average molecular weight is 294 g/mol. The van der Waals surface area contributed by atoms with Gasteiger partial charge in [0, 0.05) is 44.1 Å². The highest BCUT2D eigenvalue weighted by Gasteiger charge is 2.52. The van der Waals surface area contributed by atoms with Gasteiger partial charge in [-0.3, -0.25) is 4.79 Å². The van der Waals surface area contributed by atoms with Crippen LogP contribution in [-0.4, -0.2) is 47.7 Å². The van der Waals surface area contributed by atoms with Crippen molar-refractivity contribution >= 4 is 5.91 Å². The molecule has 0 aromatic rings. The van der Waals surface area contributed by atoms with Gasteiger partial charge in [0.05, 0.1) is 0 Å². The zero-order valence-electron chi connectivity index (χ0n) is 14.2. The lowest BCUT2D eigenvalue weighted by Crippen LogP contribution is -2.68. The van der Waals surface area contributed by atoms with E-state index in [1.165, 1.54) is 0 Å². The Morgan fingerprint density at radius 2 is 1.57 bits per heavy atom. The maximum Gasteiger partial charge on any atom is 0.255 e. The van der Waals surface area contributed by atoms with Crippen LogP contribution in [0.5, 0.6) is 0 Å². The van der Waals surface area contributed by atoms with Crippen LogP contribution in [0.1, 0.15) is 40.5 Å². The van der Waals surface area contributed by atoms with E-state index in [0.29, 0.717) is 25.9 Å². The smallest absolute Gasteiger partial charge is 0.255 e. The van der Waals surface area contributed by atoms with Crippen LogP contribution in [-0.2, 0) is 9.53 Å². The Morgan fingerprint density at radius 1 is 1.14 bits per heavy atom. The molecule has 1 amide bonds. The molecule has 0 saturated carbocycles. The molecular weight excluding hydrogens is 264 g/mol. The van der Waals surface area contributed by atoms with Crippen LogP contribution < -0.4 is 5.32 Å². The highest BCUT2D eigenvalue weighted by atomic mass is 16.5. The second-order valence-electron chi connectivity index (χ2n) is 7.23. The summed E-state index contributed by atoms with van der Waals surface area (Å²) in [7, 11) is 1.63. The number of methoxy groups -OCH3 is 1. The summed E-state index contributed by atoms with van der Waals surface area (Å²) in [4.78, 5) is 14.8. The number of carbonyl (C=O) groups excluding carboxylic acids is 1. The maximum atomic E-state index is 13.1. The fourth-order valence-electron chi connectivity index (χ4n) is 3.72. The Balaban J connectivity index is 3.14. The molecule has 0 spiro atoms. The van der Waals surface area contributed by atoms with Gasteiger partial charge in [0.1, 0.15) is 5.60 Å². The van der Waals surface area contributed by atoms with Gasteiger partial charge in [0.2, 0.25) is 0 Å².